The topological polar surface area (TPSA) is 0 Å². The fraction of sp³-hybridized carbons (Fsp3) is 0.600. The maximum Gasteiger partial charge on any atom is 0.0438 e. The van der Waals surface area contributed by atoms with Crippen LogP contribution in [0.15, 0.2) is 18.2 Å². The van der Waals surface area contributed by atoms with Gasteiger partial charge in [0.2, 0.25) is 0 Å². The van der Waals surface area contributed by atoms with E-state index in [1.54, 1.807) is 0 Å². The Kier molecular flexibility index (Phi) is 12.3. The third kappa shape index (κ3) is 5.55. The third-order valence-corrected chi connectivity index (χ3v) is 2.86. The summed E-state index contributed by atoms with van der Waals surface area (Å²) in [6.07, 6.45) is 1.17. The van der Waals surface area contributed by atoms with Gasteiger partial charge in [-0.3, -0.25) is 0 Å². The van der Waals surface area contributed by atoms with E-state index in [0.29, 0.717) is 5.92 Å². The third-order valence-electron chi connectivity index (χ3n) is 2.45. The van der Waals surface area contributed by atoms with Crippen LogP contribution < -0.4 is 0 Å². The van der Waals surface area contributed by atoms with Crippen molar-refractivity contribution < 1.29 is 0 Å². The Hall–Kier alpha value is -0.490. The van der Waals surface area contributed by atoms with Crippen molar-refractivity contribution in [2.24, 2.45) is 0 Å². The minimum Gasteiger partial charge on any atom is -0.0840 e. The summed E-state index contributed by atoms with van der Waals surface area (Å²) in [4.78, 5) is 0. The van der Waals surface area contributed by atoms with Gasteiger partial charge in [0.05, 0.1) is 0 Å². The summed E-state index contributed by atoms with van der Waals surface area (Å²) in [5, 5.41) is 0.882. The molecule has 0 fully saturated rings. The molecule has 1 unspecified atom stereocenters. The van der Waals surface area contributed by atoms with Crippen molar-refractivity contribution in [3.63, 3.8) is 0 Å². The zero-order valence-corrected chi connectivity index (χ0v) is 12.7. The highest BCUT2D eigenvalue weighted by Crippen LogP contribution is 2.26. The van der Waals surface area contributed by atoms with Crippen LogP contribution in [0, 0.1) is 6.92 Å². The Morgan fingerprint density at radius 3 is 2.06 bits per heavy atom. The van der Waals surface area contributed by atoms with E-state index in [1.165, 1.54) is 17.5 Å². The number of hydrogen-bond donors (Lipinski definition) is 0. The van der Waals surface area contributed by atoms with E-state index >= 15 is 0 Å². The number of rotatable bonds is 2. The summed E-state index contributed by atoms with van der Waals surface area (Å²) in [6, 6.07) is 6.13. The van der Waals surface area contributed by atoms with Gasteiger partial charge in [-0.2, -0.15) is 0 Å². The smallest absolute Gasteiger partial charge is 0.0438 e. The van der Waals surface area contributed by atoms with E-state index in [-0.39, 0.29) is 0 Å². The zero-order chi connectivity index (χ0) is 13.1. The summed E-state index contributed by atoms with van der Waals surface area (Å²) in [5.74, 6) is 0.615. The minimum atomic E-state index is 0.615. The first kappa shape index (κ1) is 17.9. The molecule has 1 atom stereocenters. The molecule has 0 saturated heterocycles. The molecule has 0 aliphatic rings. The van der Waals surface area contributed by atoms with Crippen molar-refractivity contribution in [1.82, 2.24) is 0 Å². The second kappa shape index (κ2) is 11.0. The number of halogens is 1. The average molecular weight is 243 g/mol. The molecular formula is C15H27Cl. The molecule has 0 radical (unpaired) electrons. The highest BCUT2D eigenvalue weighted by atomic mass is 35.5. The molecule has 0 heterocycles. The average Bonchev–Trinajstić information content (AvgIpc) is 2.37. The van der Waals surface area contributed by atoms with Gasteiger partial charge in [0, 0.05) is 5.02 Å². The molecule has 0 nitrogen and oxygen atoms in total. The molecule has 0 spiro atoms. The highest BCUT2D eigenvalue weighted by Gasteiger charge is 2.07. The van der Waals surface area contributed by atoms with Crippen molar-refractivity contribution in [3.05, 3.63) is 34.3 Å². The van der Waals surface area contributed by atoms with Crippen LogP contribution in [-0.4, -0.2) is 0 Å². The lowest BCUT2D eigenvalue weighted by Crippen LogP contribution is -1.94. The molecule has 0 aromatic heterocycles. The predicted octanol–water partition coefficient (Wildman–Crippen LogP) is 6.21. The molecule has 1 heteroatoms. The first-order valence-corrected chi connectivity index (χ1v) is 6.79. The summed E-state index contributed by atoms with van der Waals surface area (Å²) in [5.41, 5.74) is 2.61. The van der Waals surface area contributed by atoms with Gasteiger partial charge in [0.15, 0.2) is 0 Å². The van der Waals surface area contributed by atoms with E-state index in [2.05, 4.69) is 26.8 Å². The molecule has 1 aromatic rings. The van der Waals surface area contributed by atoms with Crippen LogP contribution in [0.1, 0.15) is 65.0 Å². The zero-order valence-electron chi connectivity index (χ0n) is 11.9. The van der Waals surface area contributed by atoms with Crippen molar-refractivity contribution in [2.45, 2.75) is 60.8 Å². The SMILES string of the molecule is CC.CC.CCC(C)c1cccc(Cl)c1C. The minimum absolute atomic E-state index is 0.615. The molecule has 0 saturated carbocycles. The Labute approximate surface area is 107 Å². The summed E-state index contributed by atoms with van der Waals surface area (Å²) in [7, 11) is 0. The molecule has 0 amide bonds. The van der Waals surface area contributed by atoms with Gasteiger partial charge in [-0.05, 0) is 36.5 Å². The first-order valence-electron chi connectivity index (χ1n) is 6.41. The second-order valence-electron chi connectivity index (χ2n) is 3.26. The summed E-state index contributed by atoms with van der Waals surface area (Å²) >= 11 is 6.01. The molecule has 0 aliphatic heterocycles. The lowest BCUT2D eigenvalue weighted by molar-refractivity contribution is 0.728. The van der Waals surface area contributed by atoms with Crippen molar-refractivity contribution in [2.75, 3.05) is 0 Å². The van der Waals surface area contributed by atoms with E-state index < -0.39 is 0 Å². The normalized spacial score (nSPS) is 10.5. The van der Waals surface area contributed by atoms with Gasteiger partial charge >= 0.3 is 0 Å². The van der Waals surface area contributed by atoms with E-state index in [1.807, 2.05) is 39.8 Å². The summed E-state index contributed by atoms with van der Waals surface area (Å²) in [6.45, 7) is 14.5. The monoisotopic (exact) mass is 242 g/mol. The lowest BCUT2D eigenvalue weighted by atomic mass is 9.94. The van der Waals surface area contributed by atoms with Crippen LogP contribution in [0.25, 0.3) is 0 Å². The Balaban J connectivity index is 0. The van der Waals surface area contributed by atoms with Crippen LogP contribution in [0.3, 0.4) is 0 Å². The fourth-order valence-corrected chi connectivity index (χ4v) is 1.56. The van der Waals surface area contributed by atoms with Gasteiger partial charge in [0.1, 0.15) is 0 Å². The molecule has 1 rings (SSSR count). The maximum absolute atomic E-state index is 6.01. The van der Waals surface area contributed by atoms with Crippen molar-refractivity contribution in [3.8, 4) is 0 Å². The molecule has 1 aromatic carbocycles. The van der Waals surface area contributed by atoms with E-state index in [0.717, 1.165) is 5.02 Å². The van der Waals surface area contributed by atoms with Crippen LogP contribution in [0.2, 0.25) is 5.02 Å². The Morgan fingerprint density at radius 2 is 1.62 bits per heavy atom. The van der Waals surface area contributed by atoms with Gasteiger partial charge in [-0.25, -0.2) is 0 Å². The van der Waals surface area contributed by atoms with Crippen LogP contribution >= 0.6 is 11.6 Å². The molecule has 0 aliphatic carbocycles. The molecular weight excluding hydrogens is 216 g/mol. The van der Waals surface area contributed by atoms with Crippen LogP contribution in [-0.2, 0) is 0 Å². The Bertz CT molecular complexity index is 266. The van der Waals surface area contributed by atoms with Gasteiger partial charge in [-0.1, -0.05) is 65.3 Å². The van der Waals surface area contributed by atoms with Crippen LogP contribution in [0.4, 0.5) is 0 Å². The standard InChI is InChI=1S/C11H15Cl.2C2H6/c1-4-8(2)10-6-5-7-11(12)9(10)3;2*1-2/h5-8H,4H2,1-3H3;2*1-2H3. The molecule has 0 N–H and O–H groups in total. The quantitative estimate of drug-likeness (QED) is 0.578. The van der Waals surface area contributed by atoms with Crippen molar-refractivity contribution >= 4 is 11.6 Å². The van der Waals surface area contributed by atoms with E-state index in [9.17, 15) is 0 Å². The first-order chi connectivity index (χ1) is 7.66. The molecule has 0 bridgehead atoms. The molecule has 16 heavy (non-hydrogen) atoms. The summed E-state index contributed by atoms with van der Waals surface area (Å²) < 4.78 is 0. The lowest BCUT2D eigenvalue weighted by Gasteiger charge is -2.12. The van der Waals surface area contributed by atoms with E-state index in [4.69, 9.17) is 11.6 Å². The van der Waals surface area contributed by atoms with Gasteiger partial charge in [0.25, 0.3) is 0 Å². The Morgan fingerprint density at radius 1 is 1.12 bits per heavy atom. The fourth-order valence-electron chi connectivity index (χ4n) is 1.38. The van der Waals surface area contributed by atoms with Crippen LogP contribution in [0.5, 0.6) is 0 Å². The largest absolute Gasteiger partial charge is 0.0840 e. The highest BCUT2D eigenvalue weighted by molar-refractivity contribution is 6.31. The maximum atomic E-state index is 6.01. The van der Waals surface area contributed by atoms with Gasteiger partial charge in [-0.15, -0.1) is 0 Å². The number of benzene rings is 1. The predicted molar refractivity (Wildman–Crippen MR) is 77.6 cm³/mol. The molecule has 94 valence electrons. The second-order valence-corrected chi connectivity index (χ2v) is 3.67. The van der Waals surface area contributed by atoms with Gasteiger partial charge < -0.3 is 0 Å². The van der Waals surface area contributed by atoms with Crippen molar-refractivity contribution in [1.29, 1.82) is 0 Å². The number of hydrogen-bond acceptors (Lipinski definition) is 0.